The van der Waals surface area contributed by atoms with E-state index in [-0.39, 0.29) is 25.9 Å². The van der Waals surface area contributed by atoms with Crippen molar-refractivity contribution in [2.75, 3.05) is 23.3 Å². The van der Waals surface area contributed by atoms with Gasteiger partial charge in [-0.3, -0.25) is 4.79 Å². The molecule has 4 aromatic rings. The van der Waals surface area contributed by atoms with Crippen molar-refractivity contribution in [1.29, 1.82) is 0 Å². The number of carbonyl (C=O) groups excluding carboxylic acids is 1. The quantitative estimate of drug-likeness (QED) is 0.440. The number of anilines is 3. The van der Waals surface area contributed by atoms with Gasteiger partial charge in [-0.25, -0.2) is 18.7 Å². The molecule has 0 spiro atoms. The molecule has 7 nitrogen and oxygen atoms in total. The molecule has 2 aromatic heterocycles. The van der Waals surface area contributed by atoms with E-state index in [9.17, 15) is 13.6 Å². The Bertz CT molecular complexity index is 1330. The fourth-order valence-electron chi connectivity index (χ4n) is 4.29. The molecule has 170 valence electrons. The summed E-state index contributed by atoms with van der Waals surface area (Å²) < 4.78 is 31.0. The average molecular weight is 450 g/mol. The Morgan fingerprint density at radius 3 is 2.64 bits per heavy atom. The minimum absolute atomic E-state index is 0.168. The highest BCUT2D eigenvalue weighted by Gasteiger charge is 2.35. The first-order chi connectivity index (χ1) is 15.8. The largest absolute Gasteiger partial charge is 0.354 e. The maximum atomic E-state index is 13.6. The number of nitrogens with one attached hydrogen (secondary N) is 1. The van der Waals surface area contributed by atoms with Crippen molar-refractivity contribution in [2.45, 2.75) is 25.7 Å². The summed E-state index contributed by atoms with van der Waals surface area (Å²) in [5, 5.41) is 3.36. The number of imidazole rings is 2. The van der Waals surface area contributed by atoms with E-state index in [2.05, 4.69) is 10.3 Å². The van der Waals surface area contributed by atoms with Gasteiger partial charge < -0.3 is 19.4 Å². The number of nitrogens with zero attached hydrogens (tertiary/aromatic N) is 5. The molecule has 2 aromatic carbocycles. The van der Waals surface area contributed by atoms with Crippen molar-refractivity contribution >= 4 is 34.6 Å². The zero-order chi connectivity index (χ0) is 23.2. The summed E-state index contributed by atoms with van der Waals surface area (Å²) in [7, 11) is 1.90. The number of hydrogen-bond acceptors (Lipinski definition) is 5. The molecule has 0 bridgehead atoms. The zero-order valence-corrected chi connectivity index (χ0v) is 18.4. The van der Waals surface area contributed by atoms with Crippen LogP contribution in [0.3, 0.4) is 0 Å². The molecule has 1 aliphatic heterocycles. The molecule has 0 amide bonds. The van der Waals surface area contributed by atoms with E-state index in [1.807, 2.05) is 64.5 Å². The predicted molar refractivity (Wildman–Crippen MR) is 124 cm³/mol. The zero-order valence-electron chi connectivity index (χ0n) is 18.4. The third-order valence-corrected chi connectivity index (χ3v) is 6.09. The lowest BCUT2D eigenvalue weighted by Crippen LogP contribution is -2.40. The van der Waals surface area contributed by atoms with Gasteiger partial charge in [-0.15, -0.1) is 0 Å². The smallest absolute Gasteiger partial charge is 0.251 e. The normalized spacial score (nSPS) is 15.7. The summed E-state index contributed by atoms with van der Waals surface area (Å²) in [6.45, 7) is 2.43. The predicted octanol–water partition coefficient (Wildman–Crippen LogP) is 4.86. The number of fused-ring (bicyclic) bond motifs is 1. The maximum Gasteiger partial charge on any atom is 0.251 e. The minimum atomic E-state index is -2.61. The number of alkyl halides is 2. The monoisotopic (exact) mass is 450 g/mol. The van der Waals surface area contributed by atoms with Crippen molar-refractivity contribution in [3.63, 3.8) is 0 Å². The van der Waals surface area contributed by atoms with Gasteiger partial charge in [0.2, 0.25) is 5.95 Å². The first-order valence-electron chi connectivity index (χ1n) is 10.8. The van der Waals surface area contributed by atoms with Crippen LogP contribution in [0.2, 0.25) is 0 Å². The molecule has 1 saturated heterocycles. The summed E-state index contributed by atoms with van der Waals surface area (Å²) >= 11 is 0. The number of aldehydes is 1. The molecular weight excluding hydrogens is 426 g/mol. The Balaban J connectivity index is 1.46. The molecule has 0 radical (unpaired) electrons. The lowest BCUT2D eigenvalue weighted by molar-refractivity contribution is -0.0223. The van der Waals surface area contributed by atoms with Crippen molar-refractivity contribution in [3.05, 3.63) is 60.2 Å². The lowest BCUT2D eigenvalue weighted by atomic mass is 10.1. The topological polar surface area (TPSA) is 68.0 Å². The second-order valence-corrected chi connectivity index (χ2v) is 8.43. The van der Waals surface area contributed by atoms with Gasteiger partial charge in [-0.05, 0) is 37.3 Å². The highest BCUT2D eigenvalue weighted by atomic mass is 19.3. The molecule has 33 heavy (non-hydrogen) atoms. The SMILES string of the molecule is Cc1cn(-c2ccc(Nc3cccc4c3nc(N3CCC(F)(F)CC3)n4C)cc2C=O)cn1. The second-order valence-electron chi connectivity index (χ2n) is 8.43. The van der Waals surface area contributed by atoms with Crippen LogP contribution in [0.1, 0.15) is 28.9 Å². The third-order valence-electron chi connectivity index (χ3n) is 6.09. The van der Waals surface area contributed by atoms with Crippen molar-refractivity contribution in [1.82, 2.24) is 19.1 Å². The number of halogens is 2. The first kappa shape index (κ1) is 21.1. The molecular formula is C24H24F2N6O. The number of para-hydroxylation sites is 1. The molecule has 1 aliphatic rings. The van der Waals surface area contributed by atoms with Crippen LogP contribution in [-0.4, -0.2) is 44.4 Å². The van der Waals surface area contributed by atoms with E-state index < -0.39 is 5.92 Å². The molecule has 0 unspecified atom stereocenters. The highest BCUT2D eigenvalue weighted by Crippen LogP contribution is 2.34. The first-order valence-corrected chi connectivity index (χ1v) is 10.8. The number of aryl methyl sites for hydroxylation is 2. The van der Waals surface area contributed by atoms with Gasteiger partial charge in [0.1, 0.15) is 5.52 Å². The van der Waals surface area contributed by atoms with Gasteiger partial charge in [-0.1, -0.05) is 6.07 Å². The Hall–Kier alpha value is -3.75. The van der Waals surface area contributed by atoms with Crippen LogP contribution < -0.4 is 10.2 Å². The number of hydrogen-bond donors (Lipinski definition) is 1. The Labute approximate surface area is 189 Å². The van der Waals surface area contributed by atoms with Crippen molar-refractivity contribution in [3.8, 4) is 5.69 Å². The van der Waals surface area contributed by atoms with Crippen LogP contribution in [0.15, 0.2) is 48.9 Å². The van der Waals surface area contributed by atoms with Crippen LogP contribution >= 0.6 is 0 Å². The summed E-state index contributed by atoms with van der Waals surface area (Å²) in [5.41, 5.74) is 5.30. The van der Waals surface area contributed by atoms with E-state index in [0.717, 1.165) is 40.1 Å². The van der Waals surface area contributed by atoms with E-state index >= 15 is 0 Å². The average Bonchev–Trinajstić information content (AvgIpc) is 3.38. The summed E-state index contributed by atoms with van der Waals surface area (Å²) in [6, 6.07) is 11.3. The van der Waals surface area contributed by atoms with Gasteiger partial charge in [-0.2, -0.15) is 0 Å². The van der Waals surface area contributed by atoms with Crippen molar-refractivity contribution < 1.29 is 13.6 Å². The fraction of sp³-hybridized carbons (Fsp3) is 0.292. The second kappa shape index (κ2) is 7.99. The van der Waals surface area contributed by atoms with Gasteiger partial charge in [0, 0.05) is 50.4 Å². The van der Waals surface area contributed by atoms with Crippen LogP contribution in [0.25, 0.3) is 16.7 Å². The van der Waals surface area contributed by atoms with Crippen LogP contribution in [0, 0.1) is 6.92 Å². The Morgan fingerprint density at radius 1 is 1.15 bits per heavy atom. The van der Waals surface area contributed by atoms with Gasteiger partial charge in [0.25, 0.3) is 5.92 Å². The molecule has 3 heterocycles. The number of aromatic nitrogens is 4. The van der Waals surface area contributed by atoms with Gasteiger partial charge in [0.05, 0.1) is 28.9 Å². The molecule has 1 fully saturated rings. The van der Waals surface area contributed by atoms with Crippen LogP contribution in [0.5, 0.6) is 0 Å². The molecule has 0 atom stereocenters. The van der Waals surface area contributed by atoms with Gasteiger partial charge >= 0.3 is 0 Å². The van der Waals surface area contributed by atoms with E-state index in [1.54, 1.807) is 12.4 Å². The Morgan fingerprint density at radius 2 is 1.94 bits per heavy atom. The molecule has 9 heteroatoms. The van der Waals surface area contributed by atoms with E-state index in [1.165, 1.54) is 0 Å². The molecule has 0 saturated carbocycles. The summed E-state index contributed by atoms with van der Waals surface area (Å²) in [5.74, 6) is -1.93. The number of carbonyl (C=O) groups is 1. The third kappa shape index (κ3) is 3.94. The molecule has 5 rings (SSSR count). The number of rotatable bonds is 5. The molecule has 0 aliphatic carbocycles. The highest BCUT2D eigenvalue weighted by molar-refractivity contribution is 5.93. The molecule has 1 N–H and O–H groups in total. The lowest BCUT2D eigenvalue weighted by Gasteiger charge is -2.32. The van der Waals surface area contributed by atoms with E-state index in [0.29, 0.717) is 11.5 Å². The Kier molecular flexibility index (Phi) is 5.11. The van der Waals surface area contributed by atoms with E-state index in [4.69, 9.17) is 4.98 Å². The standard InChI is InChI=1S/C24H24F2N6O/c1-16-13-32(15-27-16)20-7-6-18(12-17(20)14-33)28-19-4-3-5-21-22(19)29-23(30(21)2)31-10-8-24(25,26)9-11-31/h3-7,12-15,28H,8-11H2,1-2H3. The fourth-order valence-corrected chi connectivity index (χ4v) is 4.29. The van der Waals surface area contributed by atoms with Crippen molar-refractivity contribution in [2.24, 2.45) is 7.05 Å². The van der Waals surface area contributed by atoms with Crippen LogP contribution in [-0.2, 0) is 7.05 Å². The summed E-state index contributed by atoms with van der Waals surface area (Å²) in [6.07, 6.45) is 4.03. The number of piperidine rings is 1. The van der Waals surface area contributed by atoms with Crippen LogP contribution in [0.4, 0.5) is 26.1 Å². The number of benzene rings is 2. The minimum Gasteiger partial charge on any atom is -0.354 e. The maximum absolute atomic E-state index is 13.6. The summed E-state index contributed by atoms with van der Waals surface area (Å²) in [4.78, 5) is 22.7. The van der Waals surface area contributed by atoms with Gasteiger partial charge in [0.15, 0.2) is 6.29 Å².